The van der Waals surface area contributed by atoms with E-state index in [1.807, 2.05) is 16.8 Å². The molecule has 0 atom stereocenters. The van der Waals surface area contributed by atoms with E-state index in [1.54, 1.807) is 13.8 Å². The monoisotopic (exact) mass is 230 g/mol. The predicted molar refractivity (Wildman–Crippen MR) is 61.2 cm³/mol. The van der Waals surface area contributed by atoms with Crippen molar-refractivity contribution in [3.05, 3.63) is 0 Å². The molecule has 0 aromatic carbocycles. The van der Waals surface area contributed by atoms with Crippen molar-refractivity contribution >= 4 is 5.91 Å². The van der Waals surface area contributed by atoms with Crippen molar-refractivity contribution in [1.82, 2.24) is 9.80 Å². The Bertz CT molecular complexity index is 232. The zero-order valence-corrected chi connectivity index (χ0v) is 10.4. The van der Waals surface area contributed by atoms with Gasteiger partial charge in [-0.05, 0) is 20.9 Å². The van der Waals surface area contributed by atoms with Crippen LogP contribution in [0.5, 0.6) is 0 Å². The minimum absolute atomic E-state index is 0.107. The van der Waals surface area contributed by atoms with Gasteiger partial charge in [-0.25, -0.2) is 0 Å². The summed E-state index contributed by atoms with van der Waals surface area (Å²) in [6, 6.07) is 0. The molecular formula is C11H22N2O3. The number of hydrogen-bond acceptors (Lipinski definition) is 4. The van der Waals surface area contributed by atoms with E-state index >= 15 is 0 Å². The molecule has 0 unspecified atom stereocenters. The lowest BCUT2D eigenvalue weighted by Gasteiger charge is -2.30. The van der Waals surface area contributed by atoms with Gasteiger partial charge in [-0.3, -0.25) is 9.69 Å². The lowest BCUT2D eigenvalue weighted by Crippen LogP contribution is -2.47. The fraction of sp³-hybridized carbons (Fsp3) is 0.909. The Morgan fingerprint density at radius 2 is 2.00 bits per heavy atom. The Kier molecular flexibility index (Phi) is 4.70. The fourth-order valence-electron chi connectivity index (χ4n) is 1.86. The van der Waals surface area contributed by atoms with Gasteiger partial charge in [0.2, 0.25) is 5.91 Å². The highest BCUT2D eigenvalue weighted by Gasteiger charge is 2.21. The van der Waals surface area contributed by atoms with E-state index in [2.05, 4.69) is 0 Å². The maximum absolute atomic E-state index is 11.8. The van der Waals surface area contributed by atoms with Gasteiger partial charge in [0.1, 0.15) is 0 Å². The van der Waals surface area contributed by atoms with Crippen molar-refractivity contribution in [1.29, 1.82) is 0 Å². The normalized spacial score (nSPS) is 17.9. The third kappa shape index (κ3) is 4.92. The molecule has 94 valence electrons. The average Bonchev–Trinajstić information content (AvgIpc) is 2.16. The highest BCUT2D eigenvalue weighted by molar-refractivity contribution is 5.78. The van der Waals surface area contributed by atoms with Crippen molar-refractivity contribution in [2.24, 2.45) is 0 Å². The van der Waals surface area contributed by atoms with Crippen LogP contribution in [0.15, 0.2) is 0 Å². The molecule has 1 amide bonds. The van der Waals surface area contributed by atoms with E-state index in [0.29, 0.717) is 39.4 Å². The van der Waals surface area contributed by atoms with Gasteiger partial charge >= 0.3 is 0 Å². The predicted octanol–water partition coefficient (Wildman–Crippen LogP) is -0.452. The van der Waals surface area contributed by atoms with Gasteiger partial charge in [0.25, 0.3) is 0 Å². The highest BCUT2D eigenvalue weighted by Crippen LogP contribution is 2.04. The van der Waals surface area contributed by atoms with Crippen LogP contribution in [-0.4, -0.2) is 72.9 Å². The van der Waals surface area contributed by atoms with Crippen LogP contribution in [0.1, 0.15) is 13.8 Å². The van der Waals surface area contributed by atoms with Crippen LogP contribution < -0.4 is 0 Å². The first-order chi connectivity index (χ1) is 7.38. The summed E-state index contributed by atoms with van der Waals surface area (Å²) >= 11 is 0. The number of amides is 1. The van der Waals surface area contributed by atoms with Crippen molar-refractivity contribution < 1.29 is 14.6 Å². The Morgan fingerprint density at radius 1 is 1.44 bits per heavy atom. The first-order valence-electron chi connectivity index (χ1n) is 5.65. The molecule has 0 saturated carbocycles. The molecule has 1 aliphatic rings. The molecule has 0 spiro atoms. The molecule has 1 N–H and O–H groups in total. The third-order valence-corrected chi connectivity index (χ3v) is 2.43. The van der Waals surface area contributed by atoms with Crippen molar-refractivity contribution in [3.8, 4) is 0 Å². The molecule has 1 saturated heterocycles. The molecule has 0 aromatic heterocycles. The minimum Gasteiger partial charge on any atom is -0.389 e. The van der Waals surface area contributed by atoms with Gasteiger partial charge in [0.05, 0.1) is 25.4 Å². The summed E-state index contributed by atoms with van der Waals surface area (Å²) in [4.78, 5) is 15.5. The number of hydrogen-bond donors (Lipinski definition) is 1. The number of carbonyl (C=O) groups excluding carboxylic acids is 1. The van der Waals surface area contributed by atoms with Crippen LogP contribution in [0.25, 0.3) is 0 Å². The summed E-state index contributed by atoms with van der Waals surface area (Å²) in [6.07, 6.45) is 0. The second-order valence-electron chi connectivity index (χ2n) is 4.98. The van der Waals surface area contributed by atoms with Gasteiger partial charge < -0.3 is 14.7 Å². The summed E-state index contributed by atoms with van der Waals surface area (Å²) in [5.41, 5.74) is -0.764. The number of morpholine rings is 1. The van der Waals surface area contributed by atoms with E-state index in [0.717, 1.165) is 0 Å². The highest BCUT2D eigenvalue weighted by atomic mass is 16.5. The molecule has 0 bridgehead atoms. The second-order valence-corrected chi connectivity index (χ2v) is 4.98. The standard InChI is InChI=1S/C11H22N2O3/c1-11(2,15)9-12(3)8-10(14)13-4-6-16-7-5-13/h15H,4-9H2,1-3H3. The maximum atomic E-state index is 11.8. The molecule has 1 rings (SSSR count). The molecule has 16 heavy (non-hydrogen) atoms. The van der Waals surface area contributed by atoms with Gasteiger partial charge in [0.15, 0.2) is 0 Å². The topological polar surface area (TPSA) is 53.0 Å². The molecular weight excluding hydrogens is 208 g/mol. The van der Waals surface area contributed by atoms with Crippen LogP contribution in [0.4, 0.5) is 0 Å². The van der Waals surface area contributed by atoms with Crippen LogP contribution >= 0.6 is 0 Å². The fourth-order valence-corrected chi connectivity index (χ4v) is 1.86. The van der Waals surface area contributed by atoms with Crippen molar-refractivity contribution in [3.63, 3.8) is 0 Å². The summed E-state index contributed by atoms with van der Waals surface area (Å²) in [5, 5.41) is 9.62. The molecule has 5 nitrogen and oxygen atoms in total. The average molecular weight is 230 g/mol. The molecule has 5 heteroatoms. The molecule has 1 heterocycles. The number of rotatable bonds is 4. The zero-order chi connectivity index (χ0) is 12.2. The lowest BCUT2D eigenvalue weighted by molar-refractivity contribution is -0.136. The van der Waals surface area contributed by atoms with Gasteiger partial charge in [-0.1, -0.05) is 0 Å². The van der Waals surface area contributed by atoms with E-state index in [4.69, 9.17) is 4.74 Å². The van der Waals surface area contributed by atoms with Crippen molar-refractivity contribution in [2.45, 2.75) is 19.4 Å². The smallest absolute Gasteiger partial charge is 0.236 e. The Balaban J connectivity index is 2.32. The Labute approximate surface area is 97.0 Å². The van der Waals surface area contributed by atoms with E-state index in [9.17, 15) is 9.90 Å². The number of likely N-dealkylation sites (N-methyl/N-ethyl adjacent to an activating group) is 1. The van der Waals surface area contributed by atoms with Gasteiger partial charge in [0, 0.05) is 19.6 Å². The summed E-state index contributed by atoms with van der Waals surface area (Å²) in [7, 11) is 1.84. The number of ether oxygens (including phenoxy) is 1. The summed E-state index contributed by atoms with van der Waals surface area (Å²) in [5.74, 6) is 0.107. The first kappa shape index (κ1) is 13.4. The number of nitrogens with zero attached hydrogens (tertiary/aromatic N) is 2. The molecule has 0 aliphatic carbocycles. The van der Waals surface area contributed by atoms with E-state index in [-0.39, 0.29) is 5.91 Å². The molecule has 0 radical (unpaired) electrons. The largest absolute Gasteiger partial charge is 0.389 e. The Morgan fingerprint density at radius 3 is 2.50 bits per heavy atom. The molecule has 0 aromatic rings. The molecule has 1 fully saturated rings. The number of carbonyl (C=O) groups is 1. The third-order valence-electron chi connectivity index (χ3n) is 2.43. The van der Waals surface area contributed by atoms with Crippen molar-refractivity contribution in [2.75, 3.05) is 46.4 Å². The SMILES string of the molecule is CN(CC(=O)N1CCOCC1)CC(C)(C)O. The quantitative estimate of drug-likeness (QED) is 0.710. The van der Waals surface area contributed by atoms with E-state index < -0.39 is 5.60 Å². The number of aliphatic hydroxyl groups is 1. The second kappa shape index (κ2) is 5.61. The molecule has 1 aliphatic heterocycles. The van der Waals surface area contributed by atoms with Crippen LogP contribution in [-0.2, 0) is 9.53 Å². The summed E-state index contributed by atoms with van der Waals surface area (Å²) in [6.45, 7) is 6.92. The first-order valence-corrected chi connectivity index (χ1v) is 5.65. The summed E-state index contributed by atoms with van der Waals surface area (Å²) < 4.78 is 5.19. The Hall–Kier alpha value is -0.650. The van der Waals surface area contributed by atoms with Crippen LogP contribution in [0, 0.1) is 0 Å². The van der Waals surface area contributed by atoms with E-state index in [1.165, 1.54) is 0 Å². The lowest BCUT2D eigenvalue weighted by atomic mass is 10.1. The van der Waals surface area contributed by atoms with Gasteiger partial charge in [-0.2, -0.15) is 0 Å². The minimum atomic E-state index is -0.764. The van der Waals surface area contributed by atoms with Crippen LogP contribution in [0.3, 0.4) is 0 Å². The maximum Gasteiger partial charge on any atom is 0.236 e. The van der Waals surface area contributed by atoms with Gasteiger partial charge in [-0.15, -0.1) is 0 Å². The zero-order valence-electron chi connectivity index (χ0n) is 10.4. The van der Waals surface area contributed by atoms with Crippen LogP contribution in [0.2, 0.25) is 0 Å².